The predicted molar refractivity (Wildman–Crippen MR) is 253 cm³/mol. The van der Waals surface area contributed by atoms with Gasteiger partial charge >= 0.3 is 0 Å². The number of para-hydroxylation sites is 1. The van der Waals surface area contributed by atoms with Gasteiger partial charge in [-0.25, -0.2) is 0 Å². The molecule has 0 saturated heterocycles. The molecule has 0 atom stereocenters. The van der Waals surface area contributed by atoms with Crippen LogP contribution in [0.5, 0.6) is 0 Å². The molecule has 8 aromatic carbocycles. The maximum absolute atomic E-state index is 6.95. The van der Waals surface area contributed by atoms with E-state index in [1.165, 1.54) is 87.7 Å². The Labute approximate surface area is 345 Å². The maximum atomic E-state index is 6.95. The lowest BCUT2D eigenvalue weighted by Gasteiger charge is -2.23. The van der Waals surface area contributed by atoms with Gasteiger partial charge in [-0.15, -0.1) is 0 Å². The van der Waals surface area contributed by atoms with Crippen molar-refractivity contribution in [2.75, 3.05) is 0 Å². The first-order valence-corrected chi connectivity index (χ1v) is 20.5. The molecule has 0 spiro atoms. The molecule has 0 bridgehead atoms. The third kappa shape index (κ3) is 6.51. The van der Waals surface area contributed by atoms with Crippen molar-refractivity contribution < 1.29 is 0 Å². The van der Waals surface area contributed by atoms with Gasteiger partial charge in [0.05, 0.1) is 11.2 Å². The zero-order chi connectivity index (χ0) is 39.9. The summed E-state index contributed by atoms with van der Waals surface area (Å²) < 4.78 is 2.28. The fourth-order valence-corrected chi connectivity index (χ4v) is 9.25. The van der Waals surface area contributed by atoms with Crippen molar-refractivity contribution >= 4 is 66.6 Å². The summed E-state index contributed by atoms with van der Waals surface area (Å²) in [7, 11) is 0. The molecule has 0 radical (unpaired) electrons. The van der Waals surface area contributed by atoms with E-state index in [1.807, 2.05) is 18.2 Å². The van der Waals surface area contributed by atoms with Crippen LogP contribution in [0.25, 0.3) is 83.5 Å². The number of hydrogen-bond acceptors (Lipinski definition) is 2. The summed E-state index contributed by atoms with van der Waals surface area (Å²) in [6.45, 7) is 2.17. The highest BCUT2D eigenvalue weighted by molar-refractivity contribution is 6.20. The second-order valence-electron chi connectivity index (χ2n) is 15.6. The third-order valence-electron chi connectivity index (χ3n) is 12.1. The van der Waals surface area contributed by atoms with Crippen LogP contribution in [0.1, 0.15) is 45.5 Å². The van der Waals surface area contributed by atoms with Crippen molar-refractivity contribution in [1.29, 1.82) is 0 Å². The van der Waals surface area contributed by atoms with Gasteiger partial charge in [0, 0.05) is 16.8 Å². The van der Waals surface area contributed by atoms with E-state index in [4.69, 9.17) is 11.5 Å². The lowest BCUT2D eigenvalue weighted by molar-refractivity contribution is 1.00. The maximum Gasteiger partial charge on any atom is 0.0537 e. The lowest BCUT2D eigenvalue weighted by atomic mass is 9.81. The first kappa shape index (κ1) is 36.0. The van der Waals surface area contributed by atoms with Crippen LogP contribution in [0.15, 0.2) is 182 Å². The standard InChI is InChI=1S/C56H45N3/c1-37-50-33-38(23-30-54(50)59(53(37)31-32-57)46-18-3-2-4-19-46)13-5-12-22-52(58)43-28-29-49-51(36-43)56(45-27-25-40-15-7-9-17-42(40)35-45)48-21-11-10-20-47(48)55(49)44-26-24-39-14-6-8-16-41(39)34-44/h2-12,14-23,25,27-36H,13,24,26,57-58H2,1H3/b12-5-,32-31-,52-22-. The fourth-order valence-electron chi connectivity index (χ4n) is 9.25. The van der Waals surface area contributed by atoms with E-state index >= 15 is 0 Å². The Morgan fingerprint density at radius 2 is 1.39 bits per heavy atom. The van der Waals surface area contributed by atoms with Gasteiger partial charge in [0.2, 0.25) is 0 Å². The molecule has 1 aromatic heterocycles. The molecule has 3 heteroatoms. The molecular weight excluding hydrogens is 715 g/mol. The molecule has 9 aromatic rings. The number of allylic oxidation sites excluding steroid dienone is 4. The fraction of sp³-hybridized carbons (Fsp3) is 0.0714. The van der Waals surface area contributed by atoms with E-state index in [-0.39, 0.29) is 0 Å². The normalized spacial score (nSPS) is 13.3. The second kappa shape index (κ2) is 15.2. The third-order valence-corrected chi connectivity index (χ3v) is 12.1. The van der Waals surface area contributed by atoms with Crippen LogP contribution >= 0.6 is 0 Å². The molecule has 0 amide bonds. The minimum absolute atomic E-state index is 0.734. The highest BCUT2D eigenvalue weighted by atomic mass is 15.0. The predicted octanol–water partition coefficient (Wildman–Crippen LogP) is 13.6. The van der Waals surface area contributed by atoms with Crippen molar-refractivity contribution in [2.45, 2.75) is 26.2 Å². The van der Waals surface area contributed by atoms with Gasteiger partial charge in [-0.3, -0.25) is 0 Å². The smallest absolute Gasteiger partial charge is 0.0537 e. The number of aryl methyl sites for hydroxylation is 2. The largest absolute Gasteiger partial charge is 0.405 e. The molecule has 4 N–H and O–H groups in total. The Balaban J connectivity index is 1.05. The van der Waals surface area contributed by atoms with Crippen LogP contribution in [0.4, 0.5) is 0 Å². The summed E-state index contributed by atoms with van der Waals surface area (Å²) in [6.07, 6.45) is 15.2. The minimum atomic E-state index is 0.734. The SMILES string of the molecule is Cc1c(/C=C\N)n(-c2ccccc2)c2ccc(C/C=C\C=C(/N)c3ccc4c(C5=Cc6ccccc6CC5)c5ccccc5c(-c5ccc6ccccc6c5)c4c3)cc12. The number of benzene rings is 8. The van der Waals surface area contributed by atoms with E-state index in [0.29, 0.717) is 0 Å². The molecule has 0 saturated carbocycles. The highest BCUT2D eigenvalue weighted by Crippen LogP contribution is 2.45. The number of aromatic nitrogens is 1. The van der Waals surface area contributed by atoms with Gasteiger partial charge in [-0.2, -0.15) is 0 Å². The molecule has 59 heavy (non-hydrogen) atoms. The average molecular weight is 760 g/mol. The van der Waals surface area contributed by atoms with E-state index < -0.39 is 0 Å². The van der Waals surface area contributed by atoms with Gasteiger partial charge in [-0.05, 0) is 163 Å². The summed E-state index contributed by atoms with van der Waals surface area (Å²) in [5, 5.41) is 8.69. The van der Waals surface area contributed by atoms with Gasteiger partial charge < -0.3 is 16.0 Å². The molecule has 3 nitrogen and oxygen atoms in total. The lowest BCUT2D eigenvalue weighted by Crippen LogP contribution is -2.02. The molecule has 0 aliphatic heterocycles. The van der Waals surface area contributed by atoms with Crippen LogP contribution < -0.4 is 11.5 Å². The Morgan fingerprint density at radius 1 is 0.644 bits per heavy atom. The van der Waals surface area contributed by atoms with Crippen LogP contribution in [0.2, 0.25) is 0 Å². The summed E-state index contributed by atoms with van der Waals surface area (Å²) in [5.41, 5.74) is 28.3. The summed E-state index contributed by atoms with van der Waals surface area (Å²) in [5.74, 6) is 0. The molecule has 0 fully saturated rings. The van der Waals surface area contributed by atoms with Gasteiger partial charge in [0.25, 0.3) is 0 Å². The summed E-state index contributed by atoms with van der Waals surface area (Å²) >= 11 is 0. The number of hydrogen-bond donors (Lipinski definition) is 2. The molecule has 1 heterocycles. The minimum Gasteiger partial charge on any atom is -0.405 e. The quantitative estimate of drug-likeness (QED) is 0.120. The van der Waals surface area contributed by atoms with Crippen LogP contribution in [-0.2, 0) is 12.8 Å². The monoisotopic (exact) mass is 759 g/mol. The van der Waals surface area contributed by atoms with Gasteiger partial charge in [0.1, 0.15) is 0 Å². The molecular formula is C56H45N3. The molecule has 10 rings (SSSR count). The Kier molecular flexibility index (Phi) is 9.27. The van der Waals surface area contributed by atoms with Crippen molar-refractivity contribution in [3.63, 3.8) is 0 Å². The van der Waals surface area contributed by atoms with Crippen molar-refractivity contribution in [2.24, 2.45) is 11.5 Å². The van der Waals surface area contributed by atoms with Crippen molar-refractivity contribution in [3.05, 3.63) is 221 Å². The van der Waals surface area contributed by atoms with Gasteiger partial charge in [0.15, 0.2) is 0 Å². The Bertz CT molecular complexity index is 3210. The molecule has 1 aliphatic rings. The van der Waals surface area contributed by atoms with Crippen LogP contribution in [0.3, 0.4) is 0 Å². The van der Waals surface area contributed by atoms with E-state index in [1.54, 1.807) is 6.20 Å². The second-order valence-corrected chi connectivity index (χ2v) is 15.6. The summed E-state index contributed by atoms with van der Waals surface area (Å²) in [4.78, 5) is 0. The van der Waals surface area contributed by atoms with Crippen molar-refractivity contribution in [1.82, 2.24) is 4.57 Å². The molecule has 284 valence electrons. The van der Waals surface area contributed by atoms with Gasteiger partial charge in [-0.1, -0.05) is 140 Å². The van der Waals surface area contributed by atoms with E-state index in [2.05, 4.69) is 181 Å². The first-order valence-electron chi connectivity index (χ1n) is 20.5. The number of nitrogens with two attached hydrogens (primary N) is 2. The summed E-state index contributed by atoms with van der Waals surface area (Å²) in [6, 6.07) is 57.2. The van der Waals surface area contributed by atoms with Crippen LogP contribution in [-0.4, -0.2) is 4.57 Å². The molecule has 0 unspecified atom stereocenters. The Hall–Kier alpha value is -7.36. The first-order chi connectivity index (χ1) is 29.1. The van der Waals surface area contributed by atoms with Crippen LogP contribution in [0, 0.1) is 6.92 Å². The molecule has 1 aliphatic carbocycles. The Morgan fingerprint density at radius 3 is 2.24 bits per heavy atom. The number of nitrogens with zero attached hydrogens (tertiary/aromatic N) is 1. The topological polar surface area (TPSA) is 57.0 Å². The zero-order valence-electron chi connectivity index (χ0n) is 33.2. The zero-order valence-corrected chi connectivity index (χ0v) is 33.2. The highest BCUT2D eigenvalue weighted by Gasteiger charge is 2.21. The number of rotatable bonds is 8. The average Bonchev–Trinajstić information content (AvgIpc) is 3.56. The van der Waals surface area contributed by atoms with E-state index in [9.17, 15) is 0 Å². The van der Waals surface area contributed by atoms with E-state index in [0.717, 1.165) is 41.9 Å². The number of fused-ring (bicyclic) bond motifs is 5. The van der Waals surface area contributed by atoms with Crippen molar-refractivity contribution in [3.8, 4) is 16.8 Å².